The van der Waals surface area contributed by atoms with E-state index in [0.717, 1.165) is 69.2 Å². The molecule has 0 saturated carbocycles. The number of hydrogen-bond donors (Lipinski definition) is 0. The summed E-state index contributed by atoms with van der Waals surface area (Å²) >= 11 is 0. The number of hydrogen-bond acceptors (Lipinski definition) is 6. The third kappa shape index (κ3) is 4.50. The van der Waals surface area contributed by atoms with E-state index in [-0.39, 0.29) is 6.10 Å². The maximum atomic E-state index is 5.93. The zero-order chi connectivity index (χ0) is 20.9. The predicted octanol–water partition coefficient (Wildman–Crippen LogP) is 3.83. The highest BCUT2D eigenvalue weighted by atomic mass is 16.5. The van der Waals surface area contributed by atoms with E-state index in [4.69, 9.17) is 23.7 Å². The van der Waals surface area contributed by atoms with Gasteiger partial charge in [0.1, 0.15) is 5.75 Å². The molecule has 6 nitrogen and oxygen atoms in total. The highest BCUT2D eigenvalue weighted by Crippen LogP contribution is 2.40. The summed E-state index contributed by atoms with van der Waals surface area (Å²) < 4.78 is 28.3. The molecular formula is C24H31NO5. The summed E-state index contributed by atoms with van der Waals surface area (Å²) in [5.74, 6) is 3.04. The molecule has 0 bridgehead atoms. The average Bonchev–Trinajstić information content (AvgIpc) is 3.44. The minimum atomic E-state index is 0.272. The van der Waals surface area contributed by atoms with E-state index in [0.29, 0.717) is 11.5 Å². The fraction of sp³-hybridized carbons (Fsp3) is 0.500. The normalized spacial score (nSPS) is 17.7. The fourth-order valence-corrected chi connectivity index (χ4v) is 4.39. The number of ether oxygens (including phenoxy) is 5. The molecule has 1 saturated heterocycles. The molecule has 0 radical (unpaired) electrons. The number of fused-ring (bicyclic) bond motifs is 1. The summed E-state index contributed by atoms with van der Waals surface area (Å²) in [4.78, 5) is 2.43. The summed E-state index contributed by atoms with van der Waals surface area (Å²) in [6, 6.07) is 10.5. The van der Waals surface area contributed by atoms with Crippen molar-refractivity contribution in [3.63, 3.8) is 0 Å². The molecule has 0 amide bonds. The maximum Gasteiger partial charge on any atom is 0.203 e. The molecule has 0 N–H and O–H groups in total. The molecule has 2 aromatic carbocycles. The third-order valence-electron chi connectivity index (χ3n) is 5.83. The monoisotopic (exact) mass is 413 g/mol. The van der Waals surface area contributed by atoms with Crippen LogP contribution < -0.4 is 18.9 Å². The van der Waals surface area contributed by atoms with Crippen LogP contribution in [0.1, 0.15) is 29.5 Å². The molecule has 0 spiro atoms. The Hall–Kier alpha value is -2.44. The molecule has 0 aromatic heterocycles. The van der Waals surface area contributed by atoms with Crippen LogP contribution in [0, 0.1) is 0 Å². The van der Waals surface area contributed by atoms with Gasteiger partial charge in [-0.3, -0.25) is 4.90 Å². The van der Waals surface area contributed by atoms with Crippen LogP contribution in [0.25, 0.3) is 0 Å². The van der Waals surface area contributed by atoms with Crippen molar-refractivity contribution in [2.45, 2.75) is 38.5 Å². The molecule has 1 fully saturated rings. The summed E-state index contributed by atoms with van der Waals surface area (Å²) in [6.07, 6.45) is 3.50. The van der Waals surface area contributed by atoms with Crippen molar-refractivity contribution in [3.05, 3.63) is 47.0 Å². The first-order valence-electron chi connectivity index (χ1n) is 10.6. The van der Waals surface area contributed by atoms with Crippen LogP contribution >= 0.6 is 0 Å². The molecule has 1 atom stereocenters. The molecule has 2 aliphatic heterocycles. The molecular weight excluding hydrogens is 382 g/mol. The van der Waals surface area contributed by atoms with Crippen LogP contribution in [0.5, 0.6) is 23.0 Å². The SMILES string of the molecule is COc1ccc(CN(Cc2ccc3c(c2)CCO3)CC2CCCO2)c(OC)c1OC. The van der Waals surface area contributed by atoms with Crippen molar-refractivity contribution >= 4 is 0 Å². The van der Waals surface area contributed by atoms with E-state index in [1.165, 1.54) is 11.1 Å². The van der Waals surface area contributed by atoms with Gasteiger partial charge in [0, 0.05) is 38.2 Å². The summed E-state index contributed by atoms with van der Waals surface area (Å²) in [7, 11) is 4.95. The highest BCUT2D eigenvalue weighted by Gasteiger charge is 2.23. The Bertz CT molecular complexity index is 863. The largest absolute Gasteiger partial charge is 0.493 e. The number of rotatable bonds is 9. The van der Waals surface area contributed by atoms with Crippen molar-refractivity contribution in [3.8, 4) is 23.0 Å². The van der Waals surface area contributed by atoms with Crippen LogP contribution in [-0.4, -0.2) is 52.1 Å². The molecule has 2 heterocycles. The van der Waals surface area contributed by atoms with Crippen LogP contribution in [0.2, 0.25) is 0 Å². The summed E-state index contributed by atoms with van der Waals surface area (Å²) in [5, 5.41) is 0. The maximum absolute atomic E-state index is 5.93. The van der Waals surface area contributed by atoms with Crippen LogP contribution in [0.3, 0.4) is 0 Å². The van der Waals surface area contributed by atoms with E-state index in [2.05, 4.69) is 29.2 Å². The van der Waals surface area contributed by atoms with E-state index in [9.17, 15) is 0 Å². The van der Waals surface area contributed by atoms with Crippen molar-refractivity contribution in [1.29, 1.82) is 0 Å². The molecule has 162 valence electrons. The molecule has 6 heteroatoms. The van der Waals surface area contributed by atoms with E-state index in [1.807, 2.05) is 6.07 Å². The summed E-state index contributed by atoms with van der Waals surface area (Å²) in [6.45, 7) is 4.09. The van der Waals surface area contributed by atoms with Gasteiger partial charge in [-0.05, 0) is 36.1 Å². The molecule has 30 heavy (non-hydrogen) atoms. The fourth-order valence-electron chi connectivity index (χ4n) is 4.39. The van der Waals surface area contributed by atoms with Crippen LogP contribution in [-0.2, 0) is 24.2 Å². The van der Waals surface area contributed by atoms with E-state index >= 15 is 0 Å². The van der Waals surface area contributed by atoms with Gasteiger partial charge in [0.15, 0.2) is 11.5 Å². The molecule has 2 aliphatic rings. The van der Waals surface area contributed by atoms with Crippen molar-refractivity contribution in [2.75, 3.05) is 41.1 Å². The first kappa shape index (κ1) is 20.8. The first-order valence-corrected chi connectivity index (χ1v) is 10.6. The molecule has 0 aliphatic carbocycles. The Kier molecular flexibility index (Phi) is 6.65. The highest BCUT2D eigenvalue weighted by molar-refractivity contribution is 5.55. The second kappa shape index (κ2) is 9.58. The minimum absolute atomic E-state index is 0.272. The van der Waals surface area contributed by atoms with Gasteiger partial charge in [-0.15, -0.1) is 0 Å². The Labute approximate surface area is 178 Å². The summed E-state index contributed by atoms with van der Waals surface area (Å²) in [5.41, 5.74) is 3.66. The van der Waals surface area contributed by atoms with Crippen molar-refractivity contribution < 1.29 is 23.7 Å². The first-order chi connectivity index (χ1) is 14.7. The van der Waals surface area contributed by atoms with Gasteiger partial charge < -0.3 is 23.7 Å². The smallest absolute Gasteiger partial charge is 0.203 e. The lowest BCUT2D eigenvalue weighted by molar-refractivity contribution is 0.0675. The van der Waals surface area contributed by atoms with Crippen LogP contribution in [0.4, 0.5) is 0 Å². The van der Waals surface area contributed by atoms with Gasteiger partial charge in [-0.25, -0.2) is 0 Å². The van der Waals surface area contributed by atoms with Gasteiger partial charge in [-0.2, -0.15) is 0 Å². The minimum Gasteiger partial charge on any atom is -0.493 e. The molecule has 2 aromatic rings. The van der Waals surface area contributed by atoms with Gasteiger partial charge in [0.2, 0.25) is 5.75 Å². The van der Waals surface area contributed by atoms with E-state index in [1.54, 1.807) is 21.3 Å². The topological polar surface area (TPSA) is 49.4 Å². The average molecular weight is 414 g/mol. The zero-order valence-corrected chi connectivity index (χ0v) is 18.1. The number of benzene rings is 2. The lowest BCUT2D eigenvalue weighted by atomic mass is 10.1. The Morgan fingerprint density at radius 1 is 0.967 bits per heavy atom. The Morgan fingerprint density at radius 2 is 1.83 bits per heavy atom. The van der Waals surface area contributed by atoms with Gasteiger partial charge in [0.25, 0.3) is 0 Å². The quantitative estimate of drug-likeness (QED) is 0.623. The second-order valence-electron chi connectivity index (χ2n) is 7.84. The van der Waals surface area contributed by atoms with Crippen molar-refractivity contribution in [2.24, 2.45) is 0 Å². The van der Waals surface area contributed by atoms with E-state index < -0.39 is 0 Å². The third-order valence-corrected chi connectivity index (χ3v) is 5.83. The lowest BCUT2D eigenvalue weighted by Gasteiger charge is -2.27. The molecule has 1 unspecified atom stereocenters. The zero-order valence-electron chi connectivity index (χ0n) is 18.1. The van der Waals surface area contributed by atoms with Crippen LogP contribution in [0.15, 0.2) is 30.3 Å². The number of methoxy groups -OCH3 is 3. The number of nitrogens with zero attached hydrogens (tertiary/aromatic N) is 1. The second-order valence-corrected chi connectivity index (χ2v) is 7.84. The van der Waals surface area contributed by atoms with Gasteiger partial charge in [0.05, 0.1) is 34.0 Å². The molecule has 4 rings (SSSR count). The van der Waals surface area contributed by atoms with Crippen molar-refractivity contribution in [1.82, 2.24) is 4.90 Å². The lowest BCUT2D eigenvalue weighted by Crippen LogP contribution is -2.31. The predicted molar refractivity (Wildman–Crippen MR) is 115 cm³/mol. The Balaban J connectivity index is 1.58. The Morgan fingerprint density at radius 3 is 2.57 bits per heavy atom. The van der Waals surface area contributed by atoms with Gasteiger partial charge in [-0.1, -0.05) is 18.2 Å². The van der Waals surface area contributed by atoms with Gasteiger partial charge >= 0.3 is 0 Å². The standard InChI is InChI=1S/C24H31NO5/c1-26-22-9-7-19(23(27-2)24(22)28-3)15-25(16-20-5-4-11-29-20)14-17-6-8-21-18(13-17)10-12-30-21/h6-9,13,20H,4-5,10-12,14-16H2,1-3H3.